The Morgan fingerprint density at radius 3 is 2.63 bits per heavy atom. The molecule has 1 aromatic heterocycles. The van der Waals surface area contributed by atoms with Gasteiger partial charge in [0, 0.05) is 49.3 Å². The predicted molar refractivity (Wildman–Crippen MR) is 106 cm³/mol. The Bertz CT molecular complexity index is 943. The number of hydrogen-bond donors (Lipinski definition) is 1. The number of aromatic nitrogens is 1. The van der Waals surface area contributed by atoms with Gasteiger partial charge >= 0.3 is 0 Å². The number of nitrogens with zero attached hydrogens (tertiary/aromatic N) is 2. The van der Waals surface area contributed by atoms with E-state index in [1.165, 1.54) is 0 Å². The maximum atomic E-state index is 12.5. The van der Waals surface area contributed by atoms with Crippen LogP contribution in [-0.4, -0.2) is 60.5 Å². The van der Waals surface area contributed by atoms with Crippen LogP contribution in [-0.2, 0) is 28.1 Å². The fraction of sp³-hybridized carbons (Fsp3) is 0.550. The third kappa shape index (κ3) is 4.04. The molecule has 6 nitrogen and oxygen atoms in total. The van der Waals surface area contributed by atoms with Gasteiger partial charge < -0.3 is 9.88 Å². The van der Waals surface area contributed by atoms with E-state index in [1.807, 2.05) is 25.4 Å². The zero-order valence-electron chi connectivity index (χ0n) is 15.7. The minimum absolute atomic E-state index is 0.0632. The third-order valence-corrected chi connectivity index (χ3v) is 7.70. The summed E-state index contributed by atoms with van der Waals surface area (Å²) in [4.78, 5) is 14.8. The Hall–Kier alpha value is -1.86. The summed E-state index contributed by atoms with van der Waals surface area (Å²) >= 11 is 0. The number of piperidine rings is 1. The lowest BCUT2D eigenvalue weighted by Crippen LogP contribution is -2.48. The lowest BCUT2D eigenvalue weighted by atomic mass is 10.0. The summed E-state index contributed by atoms with van der Waals surface area (Å²) in [5.41, 5.74) is 2.19. The van der Waals surface area contributed by atoms with Crippen molar-refractivity contribution >= 4 is 26.6 Å². The summed E-state index contributed by atoms with van der Waals surface area (Å²) < 4.78 is 25.4. The van der Waals surface area contributed by atoms with Gasteiger partial charge in [0.05, 0.1) is 17.9 Å². The zero-order chi connectivity index (χ0) is 19.0. The van der Waals surface area contributed by atoms with E-state index in [1.54, 1.807) is 0 Å². The molecule has 7 heteroatoms. The van der Waals surface area contributed by atoms with Crippen molar-refractivity contribution in [3.8, 4) is 0 Å². The maximum absolute atomic E-state index is 12.5. The molecule has 0 aliphatic carbocycles. The van der Waals surface area contributed by atoms with Crippen molar-refractivity contribution in [1.29, 1.82) is 0 Å². The van der Waals surface area contributed by atoms with Crippen molar-refractivity contribution in [3.05, 3.63) is 36.0 Å². The van der Waals surface area contributed by atoms with Gasteiger partial charge in [0.2, 0.25) is 5.91 Å². The SMILES string of the molecule is Cn1cc(CC(=O)NC2CCN([C@@H]3CCS(=O)(=O)C3)CC2)c2ccccc21. The van der Waals surface area contributed by atoms with Gasteiger partial charge in [-0.2, -0.15) is 0 Å². The number of fused-ring (bicyclic) bond motifs is 1. The highest BCUT2D eigenvalue weighted by molar-refractivity contribution is 7.91. The average molecular weight is 390 g/mol. The molecule has 4 rings (SSSR count). The van der Waals surface area contributed by atoms with Crippen molar-refractivity contribution in [2.45, 2.75) is 37.8 Å². The number of carbonyl (C=O) groups excluding carboxylic acids is 1. The Morgan fingerprint density at radius 1 is 1.19 bits per heavy atom. The van der Waals surface area contributed by atoms with Crippen LogP contribution in [0.15, 0.2) is 30.5 Å². The minimum Gasteiger partial charge on any atom is -0.353 e. The number of nitrogens with one attached hydrogen (secondary N) is 1. The average Bonchev–Trinajstić information content (AvgIpc) is 3.16. The van der Waals surface area contributed by atoms with Crippen molar-refractivity contribution in [2.24, 2.45) is 7.05 Å². The van der Waals surface area contributed by atoms with Gasteiger partial charge in [0.1, 0.15) is 0 Å². The fourth-order valence-electron chi connectivity index (χ4n) is 4.49. The Labute approximate surface area is 160 Å². The first-order chi connectivity index (χ1) is 12.9. The van der Waals surface area contributed by atoms with Gasteiger partial charge in [0.25, 0.3) is 0 Å². The summed E-state index contributed by atoms with van der Waals surface area (Å²) in [6.45, 7) is 1.72. The third-order valence-electron chi connectivity index (χ3n) is 5.95. The molecule has 1 amide bonds. The second-order valence-electron chi connectivity index (χ2n) is 7.89. The van der Waals surface area contributed by atoms with E-state index in [-0.39, 0.29) is 18.0 Å². The summed E-state index contributed by atoms with van der Waals surface area (Å²) in [5, 5.41) is 4.31. The molecule has 2 saturated heterocycles. The molecule has 0 saturated carbocycles. The lowest BCUT2D eigenvalue weighted by molar-refractivity contribution is -0.121. The second-order valence-corrected chi connectivity index (χ2v) is 10.1. The quantitative estimate of drug-likeness (QED) is 0.860. The number of hydrogen-bond acceptors (Lipinski definition) is 4. The van der Waals surface area contributed by atoms with Crippen LogP contribution in [0.3, 0.4) is 0 Å². The number of aryl methyl sites for hydroxylation is 1. The molecule has 0 spiro atoms. The number of carbonyl (C=O) groups is 1. The van der Waals surface area contributed by atoms with Gasteiger partial charge in [-0.15, -0.1) is 0 Å². The first-order valence-corrected chi connectivity index (χ1v) is 11.5. The molecule has 0 bridgehead atoms. The summed E-state index contributed by atoms with van der Waals surface area (Å²) in [5.74, 6) is 0.679. The van der Waals surface area contributed by atoms with Crippen LogP contribution in [0.1, 0.15) is 24.8 Å². The number of amides is 1. The number of likely N-dealkylation sites (tertiary alicyclic amines) is 1. The molecule has 0 radical (unpaired) electrons. The smallest absolute Gasteiger partial charge is 0.224 e. The van der Waals surface area contributed by atoms with Crippen LogP contribution in [0, 0.1) is 0 Å². The number of sulfone groups is 1. The molecule has 2 fully saturated rings. The largest absolute Gasteiger partial charge is 0.353 e. The molecule has 1 N–H and O–H groups in total. The zero-order valence-corrected chi connectivity index (χ0v) is 16.5. The normalized spacial score (nSPS) is 23.7. The molecular formula is C20H27N3O3S. The van der Waals surface area contributed by atoms with Gasteiger partial charge in [-0.25, -0.2) is 8.42 Å². The van der Waals surface area contributed by atoms with Crippen LogP contribution >= 0.6 is 0 Å². The summed E-state index contributed by atoms with van der Waals surface area (Å²) in [7, 11) is -0.839. The van der Waals surface area contributed by atoms with Crippen molar-refractivity contribution < 1.29 is 13.2 Å². The Kier molecular flexibility index (Phi) is 4.99. The first kappa shape index (κ1) is 18.5. The van der Waals surface area contributed by atoms with E-state index in [9.17, 15) is 13.2 Å². The monoisotopic (exact) mass is 389 g/mol. The summed E-state index contributed by atoms with van der Waals surface area (Å²) in [6, 6.07) is 8.49. The molecule has 146 valence electrons. The highest BCUT2D eigenvalue weighted by atomic mass is 32.2. The minimum atomic E-state index is -2.84. The second kappa shape index (κ2) is 7.28. The topological polar surface area (TPSA) is 71.4 Å². The highest BCUT2D eigenvalue weighted by Gasteiger charge is 2.34. The fourth-order valence-corrected chi connectivity index (χ4v) is 6.25. The van der Waals surface area contributed by atoms with E-state index in [4.69, 9.17) is 0 Å². The molecular weight excluding hydrogens is 362 g/mol. The van der Waals surface area contributed by atoms with Crippen LogP contribution in [0.4, 0.5) is 0 Å². The molecule has 0 unspecified atom stereocenters. The first-order valence-electron chi connectivity index (χ1n) is 9.68. The van der Waals surface area contributed by atoms with Crippen LogP contribution in [0.25, 0.3) is 10.9 Å². The predicted octanol–water partition coefficient (Wildman–Crippen LogP) is 1.49. The van der Waals surface area contributed by atoms with Crippen molar-refractivity contribution in [1.82, 2.24) is 14.8 Å². The number of rotatable bonds is 4. The van der Waals surface area contributed by atoms with Gasteiger partial charge in [-0.1, -0.05) is 18.2 Å². The molecule has 27 heavy (non-hydrogen) atoms. The molecule has 2 aromatic rings. The van der Waals surface area contributed by atoms with E-state index in [0.717, 1.165) is 48.8 Å². The van der Waals surface area contributed by atoms with E-state index < -0.39 is 9.84 Å². The standard InChI is InChI=1S/C20H27N3O3S/c1-22-13-15(18-4-2-3-5-19(18)22)12-20(24)21-16-6-9-23(10-7-16)17-8-11-27(25,26)14-17/h2-5,13,16-17H,6-12,14H2,1H3,(H,21,24)/t17-/m1/s1. The Balaban J connectivity index is 1.31. The van der Waals surface area contributed by atoms with Crippen LogP contribution in [0.2, 0.25) is 0 Å². The Morgan fingerprint density at radius 2 is 1.93 bits per heavy atom. The van der Waals surface area contributed by atoms with Gasteiger partial charge in [0.15, 0.2) is 9.84 Å². The lowest BCUT2D eigenvalue weighted by Gasteiger charge is -2.35. The molecule has 3 heterocycles. The van der Waals surface area contributed by atoms with Gasteiger partial charge in [-0.3, -0.25) is 9.69 Å². The van der Waals surface area contributed by atoms with Crippen molar-refractivity contribution in [2.75, 3.05) is 24.6 Å². The molecule has 1 aromatic carbocycles. The van der Waals surface area contributed by atoms with Crippen LogP contribution in [0.5, 0.6) is 0 Å². The maximum Gasteiger partial charge on any atom is 0.224 e. The van der Waals surface area contributed by atoms with Gasteiger partial charge in [-0.05, 0) is 30.9 Å². The van der Waals surface area contributed by atoms with E-state index >= 15 is 0 Å². The van der Waals surface area contributed by atoms with Crippen molar-refractivity contribution in [3.63, 3.8) is 0 Å². The summed E-state index contributed by atoms with van der Waals surface area (Å²) in [6.07, 6.45) is 4.95. The molecule has 1 atom stereocenters. The molecule has 2 aliphatic heterocycles. The molecule has 2 aliphatic rings. The van der Waals surface area contributed by atoms with Crippen LogP contribution < -0.4 is 5.32 Å². The van der Waals surface area contributed by atoms with E-state index in [2.05, 4.69) is 26.9 Å². The number of para-hydroxylation sites is 1. The van der Waals surface area contributed by atoms with E-state index in [0.29, 0.717) is 17.9 Å². The number of benzene rings is 1. The highest BCUT2D eigenvalue weighted by Crippen LogP contribution is 2.23.